The minimum atomic E-state index is 0.0816. The van der Waals surface area contributed by atoms with Crippen molar-refractivity contribution in [2.75, 3.05) is 36.8 Å². The number of halogens is 1. The number of hydrogen-bond acceptors (Lipinski definition) is 6. The van der Waals surface area contributed by atoms with Gasteiger partial charge in [-0.25, -0.2) is 0 Å². The van der Waals surface area contributed by atoms with E-state index >= 15 is 0 Å². The molecule has 30 heavy (non-hydrogen) atoms. The third-order valence-corrected chi connectivity index (χ3v) is 6.51. The van der Waals surface area contributed by atoms with Crippen LogP contribution in [0, 0.1) is 13.8 Å². The molecule has 0 atom stereocenters. The van der Waals surface area contributed by atoms with Crippen molar-refractivity contribution in [1.82, 2.24) is 15.1 Å². The number of amides is 1. The van der Waals surface area contributed by atoms with Crippen molar-refractivity contribution in [1.29, 1.82) is 0 Å². The third kappa shape index (κ3) is 4.47. The highest BCUT2D eigenvalue weighted by Gasteiger charge is 2.23. The average molecular weight is 443 g/mol. The molecule has 3 aromatic rings. The lowest BCUT2D eigenvalue weighted by atomic mass is 10.1. The number of rotatable bonds is 5. The van der Waals surface area contributed by atoms with Gasteiger partial charge in [0.1, 0.15) is 0 Å². The number of aromatic nitrogens is 2. The van der Waals surface area contributed by atoms with Gasteiger partial charge in [-0.05, 0) is 43.2 Å². The molecule has 4 rings (SSSR count). The minimum absolute atomic E-state index is 0.0816. The molecule has 1 amide bonds. The predicted molar refractivity (Wildman–Crippen MR) is 120 cm³/mol. The zero-order valence-corrected chi connectivity index (χ0v) is 18.5. The summed E-state index contributed by atoms with van der Waals surface area (Å²) >= 11 is 7.43. The number of anilines is 1. The van der Waals surface area contributed by atoms with E-state index in [9.17, 15) is 4.79 Å². The number of carbonyl (C=O) groups excluding carboxylic acids is 1. The first-order valence-electron chi connectivity index (χ1n) is 9.83. The molecule has 0 unspecified atom stereocenters. The van der Waals surface area contributed by atoms with Gasteiger partial charge in [0.2, 0.25) is 11.8 Å². The van der Waals surface area contributed by atoms with Crippen molar-refractivity contribution in [3.05, 3.63) is 58.6 Å². The fraction of sp³-hybridized carbons (Fsp3) is 0.318. The summed E-state index contributed by atoms with van der Waals surface area (Å²) in [6.07, 6.45) is 0. The highest BCUT2D eigenvalue weighted by atomic mass is 35.5. The molecule has 2 aromatic carbocycles. The van der Waals surface area contributed by atoms with Crippen molar-refractivity contribution in [2.24, 2.45) is 0 Å². The lowest BCUT2D eigenvalue weighted by molar-refractivity contribution is -0.128. The second kappa shape index (κ2) is 9.10. The van der Waals surface area contributed by atoms with Gasteiger partial charge in [0.25, 0.3) is 5.22 Å². The zero-order chi connectivity index (χ0) is 21.1. The van der Waals surface area contributed by atoms with Gasteiger partial charge < -0.3 is 14.2 Å². The van der Waals surface area contributed by atoms with Crippen LogP contribution in [-0.2, 0) is 4.79 Å². The Kier molecular flexibility index (Phi) is 6.29. The standard InChI is InChI=1S/C22H23ClN4O2S/c1-15-6-5-9-19(16(15)2)26-10-12-27(13-11-26)20(28)14-30-22-25-24-21(29-22)17-7-3-4-8-18(17)23/h3-9H,10-14H2,1-2H3. The van der Waals surface area contributed by atoms with Gasteiger partial charge in [0.15, 0.2) is 0 Å². The number of nitrogens with zero attached hydrogens (tertiary/aromatic N) is 4. The first-order chi connectivity index (χ1) is 14.5. The van der Waals surface area contributed by atoms with Crippen LogP contribution < -0.4 is 4.90 Å². The van der Waals surface area contributed by atoms with Gasteiger partial charge in [-0.1, -0.05) is 47.6 Å². The van der Waals surface area contributed by atoms with Crippen LogP contribution in [0.25, 0.3) is 11.5 Å². The van der Waals surface area contributed by atoms with Gasteiger partial charge in [-0.2, -0.15) is 0 Å². The summed E-state index contributed by atoms with van der Waals surface area (Å²) in [7, 11) is 0. The Morgan fingerprint density at radius 2 is 1.83 bits per heavy atom. The summed E-state index contributed by atoms with van der Waals surface area (Å²) in [5.41, 5.74) is 4.54. The maximum Gasteiger partial charge on any atom is 0.277 e. The molecule has 1 fully saturated rings. The van der Waals surface area contributed by atoms with Crippen LogP contribution in [0.5, 0.6) is 0 Å². The molecule has 2 heterocycles. The first-order valence-corrected chi connectivity index (χ1v) is 11.2. The topological polar surface area (TPSA) is 62.5 Å². The number of benzene rings is 2. The van der Waals surface area contributed by atoms with Crippen LogP contribution in [0.2, 0.25) is 5.02 Å². The second-order valence-electron chi connectivity index (χ2n) is 7.23. The van der Waals surface area contributed by atoms with E-state index in [0.717, 1.165) is 13.1 Å². The maximum absolute atomic E-state index is 12.6. The zero-order valence-electron chi connectivity index (χ0n) is 17.0. The quantitative estimate of drug-likeness (QED) is 0.544. The largest absolute Gasteiger partial charge is 0.411 e. The van der Waals surface area contributed by atoms with E-state index in [1.54, 1.807) is 6.07 Å². The molecule has 1 aliphatic heterocycles. The van der Waals surface area contributed by atoms with Crippen LogP contribution >= 0.6 is 23.4 Å². The van der Waals surface area contributed by atoms with Crippen molar-refractivity contribution in [3.63, 3.8) is 0 Å². The highest BCUT2D eigenvalue weighted by molar-refractivity contribution is 7.99. The van der Waals surface area contributed by atoms with Crippen LogP contribution in [0.3, 0.4) is 0 Å². The van der Waals surface area contributed by atoms with Gasteiger partial charge in [0, 0.05) is 31.9 Å². The molecule has 1 aromatic heterocycles. The Balaban J connectivity index is 1.31. The molecule has 156 valence electrons. The minimum Gasteiger partial charge on any atom is -0.411 e. The van der Waals surface area contributed by atoms with E-state index in [4.69, 9.17) is 16.0 Å². The highest BCUT2D eigenvalue weighted by Crippen LogP contribution is 2.29. The Morgan fingerprint density at radius 1 is 1.07 bits per heavy atom. The van der Waals surface area contributed by atoms with Crippen molar-refractivity contribution in [3.8, 4) is 11.5 Å². The van der Waals surface area contributed by atoms with E-state index in [-0.39, 0.29) is 11.7 Å². The predicted octanol–water partition coefficient (Wildman–Crippen LogP) is 4.45. The van der Waals surface area contributed by atoms with Gasteiger partial charge >= 0.3 is 0 Å². The van der Waals surface area contributed by atoms with Gasteiger partial charge in [0.05, 0.1) is 16.3 Å². The summed E-state index contributed by atoms with van der Waals surface area (Å²) in [5.74, 6) is 0.712. The Hall–Kier alpha value is -2.51. The molecule has 0 spiro atoms. The van der Waals surface area contributed by atoms with E-state index in [2.05, 4.69) is 47.1 Å². The fourth-order valence-electron chi connectivity index (χ4n) is 3.50. The molecule has 0 bridgehead atoms. The number of thioether (sulfide) groups is 1. The molecule has 8 heteroatoms. The number of hydrogen-bond donors (Lipinski definition) is 0. The summed E-state index contributed by atoms with van der Waals surface area (Å²) in [6.45, 7) is 7.36. The average Bonchev–Trinajstić information content (AvgIpc) is 3.23. The SMILES string of the molecule is Cc1cccc(N2CCN(C(=O)CSc3nnc(-c4ccccc4Cl)o3)CC2)c1C. The smallest absolute Gasteiger partial charge is 0.277 e. The van der Waals surface area contributed by atoms with Crippen LogP contribution in [0.1, 0.15) is 11.1 Å². The number of aryl methyl sites for hydroxylation is 1. The molecule has 1 saturated heterocycles. The first kappa shape index (κ1) is 20.8. The van der Waals surface area contributed by atoms with Crippen LogP contribution in [0.4, 0.5) is 5.69 Å². The van der Waals surface area contributed by atoms with Crippen LogP contribution in [0.15, 0.2) is 52.1 Å². The van der Waals surface area contributed by atoms with Crippen LogP contribution in [-0.4, -0.2) is 52.9 Å². The molecular formula is C22H23ClN4O2S. The fourth-order valence-corrected chi connectivity index (χ4v) is 4.38. The number of piperazine rings is 1. The van der Waals surface area contributed by atoms with E-state index < -0.39 is 0 Å². The Labute approximate surface area is 185 Å². The Morgan fingerprint density at radius 3 is 2.60 bits per heavy atom. The monoisotopic (exact) mass is 442 g/mol. The van der Waals surface area contributed by atoms with E-state index in [1.165, 1.54) is 28.6 Å². The molecule has 0 radical (unpaired) electrons. The normalized spacial score (nSPS) is 14.2. The summed E-state index contributed by atoms with van der Waals surface area (Å²) < 4.78 is 5.66. The van der Waals surface area contributed by atoms with Crippen molar-refractivity contribution in [2.45, 2.75) is 19.1 Å². The lowest BCUT2D eigenvalue weighted by Crippen LogP contribution is -2.49. The Bertz CT molecular complexity index is 1050. The van der Waals surface area contributed by atoms with E-state index in [1.807, 2.05) is 23.1 Å². The van der Waals surface area contributed by atoms with Gasteiger partial charge in [-0.3, -0.25) is 4.79 Å². The molecule has 0 saturated carbocycles. The lowest BCUT2D eigenvalue weighted by Gasteiger charge is -2.37. The number of carbonyl (C=O) groups is 1. The van der Waals surface area contributed by atoms with Gasteiger partial charge in [-0.15, -0.1) is 10.2 Å². The third-order valence-electron chi connectivity index (χ3n) is 5.38. The molecular weight excluding hydrogens is 420 g/mol. The summed E-state index contributed by atoms with van der Waals surface area (Å²) in [4.78, 5) is 16.9. The maximum atomic E-state index is 12.6. The van der Waals surface area contributed by atoms with E-state index in [0.29, 0.717) is 34.8 Å². The molecule has 0 N–H and O–H groups in total. The summed E-state index contributed by atoms with van der Waals surface area (Å²) in [6, 6.07) is 13.7. The van der Waals surface area contributed by atoms with Crippen molar-refractivity contribution < 1.29 is 9.21 Å². The van der Waals surface area contributed by atoms with Crippen molar-refractivity contribution >= 4 is 35.0 Å². The molecule has 6 nitrogen and oxygen atoms in total. The second-order valence-corrected chi connectivity index (χ2v) is 8.56. The molecule has 0 aliphatic carbocycles. The molecule has 1 aliphatic rings. The summed E-state index contributed by atoms with van der Waals surface area (Å²) in [5, 5.41) is 8.99.